The van der Waals surface area contributed by atoms with E-state index in [9.17, 15) is 14.0 Å². The van der Waals surface area contributed by atoms with Gasteiger partial charge in [-0.05, 0) is 48.9 Å². The zero-order valence-corrected chi connectivity index (χ0v) is 13.8. The molecule has 1 N–H and O–H groups in total. The van der Waals surface area contributed by atoms with Crippen molar-refractivity contribution in [2.75, 3.05) is 5.01 Å². The van der Waals surface area contributed by atoms with Gasteiger partial charge >= 0.3 is 5.97 Å². The monoisotopic (exact) mass is 358 g/mol. The molecule has 1 aliphatic heterocycles. The van der Waals surface area contributed by atoms with Crippen LogP contribution < -0.4 is 5.01 Å². The molecule has 3 rings (SSSR count). The molecule has 1 amide bonds. The minimum absolute atomic E-state index is 0.0747. The zero-order valence-electron chi connectivity index (χ0n) is 13.0. The number of carboxylic acids is 1. The molecule has 0 fully saturated rings. The maximum Gasteiger partial charge on any atom is 0.337 e. The zero-order chi connectivity index (χ0) is 18.1. The van der Waals surface area contributed by atoms with E-state index in [0.29, 0.717) is 22.5 Å². The maximum absolute atomic E-state index is 13.0. The summed E-state index contributed by atoms with van der Waals surface area (Å²) in [5, 5.41) is 14.5. The van der Waals surface area contributed by atoms with Gasteiger partial charge in [-0.1, -0.05) is 23.7 Å². The molecule has 5 nitrogen and oxygen atoms in total. The van der Waals surface area contributed by atoms with E-state index < -0.39 is 11.9 Å². The molecule has 0 aliphatic carbocycles. The summed E-state index contributed by atoms with van der Waals surface area (Å²) in [4.78, 5) is 23.8. The molecule has 0 saturated heterocycles. The summed E-state index contributed by atoms with van der Waals surface area (Å²) >= 11 is 5.85. The minimum Gasteiger partial charge on any atom is -0.478 e. The van der Waals surface area contributed by atoms with Crippen LogP contribution in [0.25, 0.3) is 6.08 Å². The van der Waals surface area contributed by atoms with E-state index in [-0.39, 0.29) is 16.4 Å². The second kappa shape index (κ2) is 6.49. The Labute approximate surface area is 147 Å². The quantitative estimate of drug-likeness (QED) is 0.843. The summed E-state index contributed by atoms with van der Waals surface area (Å²) in [6, 6.07) is 9.92. The minimum atomic E-state index is -1.19. The molecule has 0 unspecified atom stereocenters. The van der Waals surface area contributed by atoms with Crippen LogP contribution in [0.4, 0.5) is 10.1 Å². The average molecular weight is 359 g/mol. The molecule has 2 aromatic rings. The van der Waals surface area contributed by atoms with E-state index in [4.69, 9.17) is 16.7 Å². The molecule has 0 radical (unpaired) electrons. The molecule has 1 heterocycles. The van der Waals surface area contributed by atoms with Crippen LogP contribution in [0.5, 0.6) is 0 Å². The Kier molecular flexibility index (Phi) is 4.37. The summed E-state index contributed by atoms with van der Waals surface area (Å²) in [5.41, 5.74) is 1.66. The fraction of sp³-hybridized carbons (Fsp3) is 0.0556. The Morgan fingerprint density at radius 3 is 2.56 bits per heavy atom. The van der Waals surface area contributed by atoms with Crippen molar-refractivity contribution in [3.8, 4) is 0 Å². The summed E-state index contributed by atoms with van der Waals surface area (Å²) < 4.78 is 13.0. The lowest BCUT2D eigenvalue weighted by Gasteiger charge is -2.13. The second-order valence-corrected chi connectivity index (χ2v) is 5.79. The molecule has 2 aromatic carbocycles. The maximum atomic E-state index is 13.0. The van der Waals surface area contributed by atoms with Gasteiger partial charge in [-0.15, -0.1) is 0 Å². The predicted octanol–water partition coefficient (Wildman–Crippen LogP) is 3.98. The van der Waals surface area contributed by atoms with Crippen LogP contribution in [0, 0.1) is 5.82 Å². The van der Waals surface area contributed by atoms with Crippen LogP contribution in [0.15, 0.2) is 53.1 Å². The number of carbonyl (C=O) groups excluding carboxylic acids is 1. The third kappa shape index (κ3) is 3.29. The largest absolute Gasteiger partial charge is 0.478 e. The van der Waals surface area contributed by atoms with Gasteiger partial charge in [-0.25, -0.2) is 9.18 Å². The number of hydrogen-bond donors (Lipinski definition) is 1. The second-order valence-electron chi connectivity index (χ2n) is 5.38. The molecule has 0 saturated carbocycles. The highest BCUT2D eigenvalue weighted by molar-refractivity contribution is 6.34. The van der Waals surface area contributed by atoms with E-state index in [1.807, 2.05) is 0 Å². The molecule has 7 heteroatoms. The van der Waals surface area contributed by atoms with Crippen molar-refractivity contribution in [3.05, 3.63) is 70.0 Å². The normalized spacial score (nSPS) is 15.6. The van der Waals surface area contributed by atoms with Crippen molar-refractivity contribution < 1.29 is 19.1 Å². The first-order valence-corrected chi connectivity index (χ1v) is 7.65. The molecule has 1 aliphatic rings. The lowest BCUT2D eigenvalue weighted by Crippen LogP contribution is -2.21. The van der Waals surface area contributed by atoms with E-state index in [2.05, 4.69) is 5.10 Å². The Hall–Kier alpha value is -2.99. The average Bonchev–Trinajstić information content (AvgIpc) is 2.85. The summed E-state index contributed by atoms with van der Waals surface area (Å²) in [6.45, 7) is 1.67. The number of carbonyl (C=O) groups is 2. The first-order valence-electron chi connectivity index (χ1n) is 7.27. The van der Waals surface area contributed by atoms with Gasteiger partial charge in [-0.3, -0.25) is 4.79 Å². The van der Waals surface area contributed by atoms with Gasteiger partial charge < -0.3 is 5.11 Å². The van der Waals surface area contributed by atoms with Crippen LogP contribution in [0.2, 0.25) is 5.02 Å². The van der Waals surface area contributed by atoms with Crippen LogP contribution >= 0.6 is 11.6 Å². The lowest BCUT2D eigenvalue weighted by atomic mass is 10.1. The molecule has 126 valence electrons. The Morgan fingerprint density at radius 1 is 1.24 bits per heavy atom. The van der Waals surface area contributed by atoms with Gasteiger partial charge in [0.25, 0.3) is 5.91 Å². The number of anilines is 1. The van der Waals surface area contributed by atoms with Crippen molar-refractivity contribution in [1.29, 1.82) is 0 Å². The van der Waals surface area contributed by atoms with Gasteiger partial charge in [0.1, 0.15) is 5.82 Å². The van der Waals surface area contributed by atoms with Gasteiger partial charge in [0.05, 0.1) is 27.6 Å². The van der Waals surface area contributed by atoms with Gasteiger partial charge in [0.15, 0.2) is 0 Å². The molecule has 0 spiro atoms. The molecular weight excluding hydrogens is 347 g/mol. The van der Waals surface area contributed by atoms with Gasteiger partial charge in [0, 0.05) is 0 Å². The Balaban J connectivity index is 1.96. The van der Waals surface area contributed by atoms with Crippen LogP contribution in [-0.4, -0.2) is 22.7 Å². The van der Waals surface area contributed by atoms with Crippen molar-refractivity contribution in [2.45, 2.75) is 6.92 Å². The number of halogens is 2. The summed E-state index contributed by atoms with van der Waals surface area (Å²) in [5.74, 6) is -1.96. The van der Waals surface area contributed by atoms with E-state index in [1.165, 1.54) is 30.3 Å². The fourth-order valence-corrected chi connectivity index (χ4v) is 2.59. The van der Waals surface area contributed by atoms with E-state index in [0.717, 1.165) is 5.01 Å². The Morgan fingerprint density at radius 2 is 1.92 bits per heavy atom. The smallest absolute Gasteiger partial charge is 0.337 e. The van der Waals surface area contributed by atoms with Gasteiger partial charge in [-0.2, -0.15) is 10.1 Å². The lowest BCUT2D eigenvalue weighted by molar-refractivity contribution is -0.114. The predicted molar refractivity (Wildman–Crippen MR) is 93.4 cm³/mol. The SMILES string of the molecule is CC1=NN(c2ccc(Cl)c(C(=O)O)c2)C(=O)C1=Cc1ccc(F)cc1. The number of rotatable bonds is 3. The van der Waals surface area contributed by atoms with Crippen LogP contribution in [0.1, 0.15) is 22.8 Å². The highest BCUT2D eigenvalue weighted by Gasteiger charge is 2.29. The van der Waals surface area contributed by atoms with Crippen molar-refractivity contribution in [3.63, 3.8) is 0 Å². The molecule has 0 aromatic heterocycles. The highest BCUT2D eigenvalue weighted by Crippen LogP contribution is 2.28. The van der Waals surface area contributed by atoms with E-state index in [1.54, 1.807) is 25.1 Å². The van der Waals surface area contributed by atoms with Crippen molar-refractivity contribution in [2.24, 2.45) is 5.10 Å². The number of hydrazone groups is 1. The van der Waals surface area contributed by atoms with E-state index >= 15 is 0 Å². The molecule has 0 bridgehead atoms. The first-order chi connectivity index (χ1) is 11.9. The number of carboxylic acid groups (broad SMARTS) is 1. The van der Waals surface area contributed by atoms with Crippen LogP contribution in [0.3, 0.4) is 0 Å². The number of aromatic carboxylic acids is 1. The standard InChI is InChI=1S/C18H12ClFN2O3/c1-10-14(8-11-2-4-12(20)5-3-11)17(23)22(21-10)13-6-7-16(19)15(9-13)18(24)25/h2-9H,1H3,(H,24,25). The summed E-state index contributed by atoms with van der Waals surface area (Å²) in [7, 11) is 0. The number of hydrogen-bond acceptors (Lipinski definition) is 3. The number of nitrogens with zero attached hydrogens (tertiary/aromatic N) is 2. The summed E-state index contributed by atoms with van der Waals surface area (Å²) in [6.07, 6.45) is 1.61. The molecule has 25 heavy (non-hydrogen) atoms. The number of amides is 1. The third-order valence-corrected chi connectivity index (χ3v) is 4.00. The fourth-order valence-electron chi connectivity index (χ4n) is 2.39. The topological polar surface area (TPSA) is 70.0 Å². The molecular formula is C18H12ClFN2O3. The molecule has 0 atom stereocenters. The Bertz CT molecular complexity index is 936. The van der Waals surface area contributed by atoms with Gasteiger partial charge in [0.2, 0.25) is 0 Å². The first kappa shape index (κ1) is 16.9. The number of benzene rings is 2. The van der Waals surface area contributed by atoms with Crippen molar-refractivity contribution in [1.82, 2.24) is 0 Å². The highest BCUT2D eigenvalue weighted by atomic mass is 35.5. The van der Waals surface area contributed by atoms with Crippen LogP contribution in [-0.2, 0) is 4.79 Å². The van der Waals surface area contributed by atoms with Crippen molar-refractivity contribution >= 4 is 41.0 Å². The third-order valence-electron chi connectivity index (χ3n) is 3.67.